The lowest BCUT2D eigenvalue weighted by Crippen LogP contribution is -2.33. The minimum absolute atomic E-state index is 0.0594. The van der Waals surface area contributed by atoms with Crippen molar-refractivity contribution in [2.75, 3.05) is 0 Å². The standard InChI is InChI=1S/C13H15N5O6/c1-2-3-7-11(17(20)21)13(19)24-12(18(22)23)9-5-4-6-10(8-9)15-16-14/h4-6,8,11-12H,2-3,7H2,1H3. The van der Waals surface area contributed by atoms with Crippen LogP contribution >= 0.6 is 0 Å². The van der Waals surface area contributed by atoms with Crippen LogP contribution in [0.3, 0.4) is 0 Å². The van der Waals surface area contributed by atoms with Gasteiger partial charge in [-0.25, -0.2) is 4.79 Å². The second-order valence-corrected chi connectivity index (χ2v) is 4.80. The SMILES string of the molecule is CCCCC(C(=O)OC(c1cccc(N=[N+]=[N-])c1)[N+](=O)[O-])[N+](=O)[O-]. The molecule has 0 bridgehead atoms. The van der Waals surface area contributed by atoms with Gasteiger partial charge in [-0.1, -0.05) is 30.6 Å². The van der Waals surface area contributed by atoms with Crippen LogP contribution in [-0.2, 0) is 9.53 Å². The Morgan fingerprint density at radius 1 is 1.38 bits per heavy atom. The van der Waals surface area contributed by atoms with Crippen LogP contribution in [-0.4, -0.2) is 21.9 Å². The van der Waals surface area contributed by atoms with Crippen LogP contribution in [0.5, 0.6) is 0 Å². The molecule has 1 rings (SSSR count). The van der Waals surface area contributed by atoms with Crippen molar-refractivity contribution in [3.05, 3.63) is 60.5 Å². The molecule has 128 valence electrons. The van der Waals surface area contributed by atoms with Crippen LogP contribution in [0.4, 0.5) is 5.69 Å². The fourth-order valence-electron chi connectivity index (χ4n) is 1.92. The third kappa shape index (κ3) is 5.21. The number of unbranched alkanes of at least 4 members (excludes halogenated alkanes) is 1. The van der Waals surface area contributed by atoms with E-state index in [0.717, 1.165) is 0 Å². The van der Waals surface area contributed by atoms with Crippen LogP contribution in [0.2, 0.25) is 0 Å². The lowest BCUT2D eigenvalue weighted by atomic mass is 10.1. The first-order valence-electron chi connectivity index (χ1n) is 7.03. The molecule has 0 heterocycles. The normalized spacial score (nSPS) is 12.5. The topological polar surface area (TPSA) is 161 Å². The number of benzene rings is 1. The van der Waals surface area contributed by atoms with E-state index in [0.29, 0.717) is 12.8 Å². The Bertz CT molecular complexity index is 673. The van der Waals surface area contributed by atoms with E-state index in [-0.39, 0.29) is 17.7 Å². The highest BCUT2D eigenvalue weighted by atomic mass is 16.7. The molecule has 0 saturated carbocycles. The van der Waals surface area contributed by atoms with Crippen molar-refractivity contribution < 1.29 is 19.4 Å². The Labute approximate surface area is 136 Å². The lowest BCUT2D eigenvalue weighted by molar-refractivity contribution is -0.580. The van der Waals surface area contributed by atoms with Gasteiger partial charge in [0, 0.05) is 21.9 Å². The number of carbonyl (C=O) groups excluding carboxylic acids is 1. The van der Waals surface area contributed by atoms with Crippen LogP contribution < -0.4 is 0 Å². The Hall–Kier alpha value is -3.20. The van der Waals surface area contributed by atoms with Crippen molar-refractivity contribution in [2.45, 2.75) is 38.5 Å². The summed E-state index contributed by atoms with van der Waals surface area (Å²) in [4.78, 5) is 34.9. The number of esters is 1. The minimum Gasteiger partial charge on any atom is -0.389 e. The fourth-order valence-corrected chi connectivity index (χ4v) is 1.92. The molecule has 11 nitrogen and oxygen atoms in total. The van der Waals surface area contributed by atoms with Gasteiger partial charge < -0.3 is 4.74 Å². The molecule has 2 unspecified atom stereocenters. The number of hydrogen-bond donors (Lipinski definition) is 0. The highest BCUT2D eigenvalue weighted by Gasteiger charge is 2.37. The summed E-state index contributed by atoms with van der Waals surface area (Å²) in [5, 5.41) is 25.4. The van der Waals surface area contributed by atoms with E-state index in [1.807, 2.05) is 0 Å². The molecule has 0 N–H and O–H groups in total. The molecule has 1 aromatic rings. The smallest absolute Gasteiger partial charge is 0.387 e. The molecule has 0 spiro atoms. The van der Waals surface area contributed by atoms with Crippen LogP contribution in [0.1, 0.15) is 38.0 Å². The Morgan fingerprint density at radius 2 is 2.08 bits per heavy atom. The van der Waals surface area contributed by atoms with Gasteiger partial charge in [0.15, 0.2) is 0 Å². The summed E-state index contributed by atoms with van der Waals surface area (Å²) in [7, 11) is 0. The summed E-state index contributed by atoms with van der Waals surface area (Å²) in [6.07, 6.45) is -0.942. The highest BCUT2D eigenvalue weighted by molar-refractivity contribution is 5.74. The summed E-state index contributed by atoms with van der Waals surface area (Å²) in [5.74, 6) is -1.27. The molecular weight excluding hydrogens is 322 g/mol. The first-order chi connectivity index (χ1) is 11.4. The Kier molecular flexibility index (Phi) is 7.11. The number of nitro groups is 2. The molecule has 1 aromatic carbocycles. The van der Waals surface area contributed by atoms with Crippen LogP contribution in [0, 0.1) is 20.2 Å². The summed E-state index contributed by atoms with van der Waals surface area (Å²) >= 11 is 0. The van der Waals surface area contributed by atoms with E-state index < -0.39 is 28.1 Å². The lowest BCUT2D eigenvalue weighted by Gasteiger charge is -2.13. The number of ether oxygens (including phenoxy) is 1. The van der Waals surface area contributed by atoms with Gasteiger partial charge in [-0.05, 0) is 24.1 Å². The predicted molar refractivity (Wildman–Crippen MR) is 81.4 cm³/mol. The van der Waals surface area contributed by atoms with Gasteiger partial charge in [0.2, 0.25) is 0 Å². The van der Waals surface area contributed by atoms with Gasteiger partial charge in [-0.3, -0.25) is 20.2 Å². The zero-order valence-electron chi connectivity index (χ0n) is 12.8. The van der Waals surface area contributed by atoms with E-state index in [9.17, 15) is 25.0 Å². The largest absolute Gasteiger partial charge is 0.389 e. The number of hydrogen-bond acceptors (Lipinski definition) is 7. The molecule has 24 heavy (non-hydrogen) atoms. The molecule has 0 amide bonds. The molecule has 0 radical (unpaired) electrons. The van der Waals surface area contributed by atoms with Gasteiger partial charge in [-0.15, -0.1) is 0 Å². The molecule has 0 saturated heterocycles. The zero-order valence-corrected chi connectivity index (χ0v) is 12.8. The van der Waals surface area contributed by atoms with E-state index >= 15 is 0 Å². The van der Waals surface area contributed by atoms with Gasteiger partial charge in [-0.2, -0.15) is 0 Å². The van der Waals surface area contributed by atoms with Crippen LogP contribution in [0.25, 0.3) is 10.4 Å². The summed E-state index contributed by atoms with van der Waals surface area (Å²) in [6.45, 7) is 1.80. The van der Waals surface area contributed by atoms with Crippen molar-refractivity contribution in [2.24, 2.45) is 5.11 Å². The van der Waals surface area contributed by atoms with Crippen molar-refractivity contribution in [3.8, 4) is 0 Å². The molecule has 0 fully saturated rings. The third-order valence-corrected chi connectivity index (χ3v) is 3.09. The molecule has 11 heteroatoms. The van der Waals surface area contributed by atoms with Crippen molar-refractivity contribution in [3.63, 3.8) is 0 Å². The maximum absolute atomic E-state index is 11.9. The van der Waals surface area contributed by atoms with E-state index in [1.54, 1.807) is 6.92 Å². The average molecular weight is 337 g/mol. The third-order valence-electron chi connectivity index (χ3n) is 3.09. The van der Waals surface area contributed by atoms with Crippen molar-refractivity contribution in [1.29, 1.82) is 0 Å². The maximum Gasteiger partial charge on any atom is 0.387 e. The van der Waals surface area contributed by atoms with Gasteiger partial charge in [0.1, 0.15) is 0 Å². The monoisotopic (exact) mass is 337 g/mol. The van der Waals surface area contributed by atoms with Gasteiger partial charge in [0.25, 0.3) is 0 Å². The summed E-state index contributed by atoms with van der Waals surface area (Å²) in [6, 6.07) is 3.60. The van der Waals surface area contributed by atoms with Crippen molar-refractivity contribution in [1.82, 2.24) is 0 Å². The molecular formula is C13H15N5O6. The molecule has 0 aliphatic carbocycles. The number of carbonyl (C=O) groups is 1. The molecule has 0 aliphatic heterocycles. The van der Waals surface area contributed by atoms with E-state index in [2.05, 4.69) is 10.0 Å². The highest BCUT2D eigenvalue weighted by Crippen LogP contribution is 2.24. The second kappa shape index (κ2) is 9.06. The fraction of sp³-hybridized carbons (Fsp3) is 0.462. The Morgan fingerprint density at radius 3 is 2.62 bits per heavy atom. The van der Waals surface area contributed by atoms with Crippen LogP contribution in [0.15, 0.2) is 29.4 Å². The number of rotatable bonds is 9. The summed E-state index contributed by atoms with van der Waals surface area (Å²) in [5.41, 5.74) is 8.42. The average Bonchev–Trinajstić information content (AvgIpc) is 2.53. The van der Waals surface area contributed by atoms with Gasteiger partial charge >= 0.3 is 18.2 Å². The predicted octanol–water partition coefficient (Wildman–Crippen LogP) is 3.28. The van der Waals surface area contributed by atoms with E-state index in [4.69, 9.17) is 10.3 Å². The molecule has 0 aromatic heterocycles. The van der Waals surface area contributed by atoms with E-state index in [1.165, 1.54) is 24.3 Å². The quantitative estimate of drug-likeness (QED) is 0.128. The second-order valence-electron chi connectivity index (χ2n) is 4.80. The molecule has 0 aliphatic rings. The minimum atomic E-state index is -1.92. The number of azide groups is 1. The van der Waals surface area contributed by atoms with Crippen molar-refractivity contribution >= 4 is 11.7 Å². The maximum atomic E-state index is 11.9. The first kappa shape index (κ1) is 18.8. The zero-order chi connectivity index (χ0) is 18.1. The Balaban J connectivity index is 3.02. The first-order valence-corrected chi connectivity index (χ1v) is 7.03. The summed E-state index contributed by atoms with van der Waals surface area (Å²) < 4.78 is 4.74. The molecule has 2 atom stereocenters. The number of nitrogens with zero attached hydrogens (tertiary/aromatic N) is 5. The van der Waals surface area contributed by atoms with Gasteiger partial charge in [0.05, 0.1) is 10.5 Å².